The van der Waals surface area contributed by atoms with Gasteiger partial charge in [-0.1, -0.05) is 0 Å². The summed E-state index contributed by atoms with van der Waals surface area (Å²) >= 11 is 0. The largest absolute Gasteiger partial charge is 0.337 e. The first kappa shape index (κ1) is 18.0. The van der Waals surface area contributed by atoms with E-state index in [0.29, 0.717) is 30.5 Å². The molecule has 20 heavy (non-hydrogen) atoms. The maximum atomic E-state index is 12.4. The van der Waals surface area contributed by atoms with Crippen molar-refractivity contribution >= 4 is 30.7 Å². The van der Waals surface area contributed by atoms with Crippen LogP contribution in [0.25, 0.3) is 0 Å². The molecule has 3 unspecified atom stereocenters. The number of carbonyl (C=O) groups excluding carboxylic acids is 1. The Bertz CT molecular complexity index is 324. The molecule has 0 aliphatic carbocycles. The molecule has 0 aromatic heterocycles. The van der Waals surface area contributed by atoms with Crippen LogP contribution in [0.15, 0.2) is 0 Å². The van der Waals surface area contributed by atoms with E-state index < -0.39 is 0 Å². The van der Waals surface area contributed by atoms with Crippen molar-refractivity contribution in [1.29, 1.82) is 0 Å². The Balaban J connectivity index is 0.000001000. The van der Waals surface area contributed by atoms with E-state index in [4.69, 9.17) is 0 Å². The minimum atomic E-state index is 0. The first-order chi connectivity index (χ1) is 8.74. The van der Waals surface area contributed by atoms with Crippen LogP contribution < -0.4 is 5.32 Å². The van der Waals surface area contributed by atoms with E-state index in [9.17, 15) is 4.79 Å². The van der Waals surface area contributed by atoms with Crippen molar-refractivity contribution in [3.63, 3.8) is 0 Å². The van der Waals surface area contributed by atoms with E-state index >= 15 is 0 Å². The van der Waals surface area contributed by atoms with Crippen molar-refractivity contribution in [2.45, 2.75) is 57.2 Å². The summed E-state index contributed by atoms with van der Waals surface area (Å²) in [5, 5.41) is 3.43. The fraction of sp³-hybridized carbons (Fsp3) is 0.929. The number of fused-ring (bicyclic) bond motifs is 1. The lowest BCUT2D eigenvalue weighted by atomic mass is 10.1. The monoisotopic (exact) mass is 323 g/mol. The molecule has 118 valence electrons. The highest BCUT2D eigenvalue weighted by Gasteiger charge is 2.36. The highest BCUT2D eigenvalue weighted by molar-refractivity contribution is 5.85. The van der Waals surface area contributed by atoms with Crippen molar-refractivity contribution in [1.82, 2.24) is 15.1 Å². The standard InChI is InChI=1S/C14H25N3O.2ClH/c1-11-9-16-7-3-5-13(16)10-17(11)14(18)8-12-4-2-6-15-12;;/h11-13,15H,2-10H2,1H3;2*1H. The molecule has 0 aromatic carbocycles. The zero-order chi connectivity index (χ0) is 12.5. The summed E-state index contributed by atoms with van der Waals surface area (Å²) in [6.07, 6.45) is 5.69. The van der Waals surface area contributed by atoms with E-state index in [2.05, 4.69) is 22.0 Å². The van der Waals surface area contributed by atoms with Crippen molar-refractivity contribution in [2.24, 2.45) is 0 Å². The number of nitrogens with one attached hydrogen (secondary N) is 1. The van der Waals surface area contributed by atoms with Gasteiger partial charge in [0.2, 0.25) is 5.91 Å². The molecule has 3 rings (SSSR count). The number of carbonyl (C=O) groups is 1. The molecule has 0 aromatic rings. The fourth-order valence-corrected chi connectivity index (χ4v) is 3.79. The maximum absolute atomic E-state index is 12.4. The summed E-state index contributed by atoms with van der Waals surface area (Å²) in [7, 11) is 0. The van der Waals surface area contributed by atoms with Crippen molar-refractivity contribution in [2.75, 3.05) is 26.2 Å². The first-order valence-corrected chi connectivity index (χ1v) is 7.51. The van der Waals surface area contributed by atoms with Crippen molar-refractivity contribution in [3.05, 3.63) is 0 Å². The number of piperazine rings is 1. The minimum absolute atomic E-state index is 0. The summed E-state index contributed by atoms with van der Waals surface area (Å²) in [6.45, 7) is 6.57. The molecule has 3 aliphatic heterocycles. The van der Waals surface area contributed by atoms with Gasteiger partial charge in [-0.2, -0.15) is 0 Å². The van der Waals surface area contributed by atoms with Gasteiger partial charge in [-0.05, 0) is 45.7 Å². The Hall–Kier alpha value is -0.0300. The van der Waals surface area contributed by atoms with Crippen LogP contribution in [0.1, 0.15) is 39.0 Å². The Morgan fingerprint density at radius 1 is 1.20 bits per heavy atom. The van der Waals surface area contributed by atoms with Gasteiger partial charge in [0.1, 0.15) is 0 Å². The quantitative estimate of drug-likeness (QED) is 0.839. The molecule has 6 heteroatoms. The molecular weight excluding hydrogens is 297 g/mol. The van der Waals surface area contributed by atoms with E-state index in [1.54, 1.807) is 0 Å². The molecule has 1 amide bonds. The molecule has 3 saturated heterocycles. The third kappa shape index (κ3) is 3.79. The van der Waals surface area contributed by atoms with Gasteiger partial charge >= 0.3 is 0 Å². The van der Waals surface area contributed by atoms with Crippen LogP contribution in [0.5, 0.6) is 0 Å². The number of hydrogen-bond donors (Lipinski definition) is 1. The first-order valence-electron chi connectivity index (χ1n) is 7.51. The van der Waals surface area contributed by atoms with Crippen molar-refractivity contribution in [3.8, 4) is 0 Å². The van der Waals surface area contributed by atoms with Gasteiger partial charge in [0.25, 0.3) is 0 Å². The lowest BCUT2D eigenvalue weighted by Crippen LogP contribution is -2.57. The van der Waals surface area contributed by atoms with Gasteiger partial charge in [-0.3, -0.25) is 9.69 Å². The van der Waals surface area contributed by atoms with Crippen LogP contribution in [-0.4, -0.2) is 60.0 Å². The molecule has 3 fully saturated rings. The molecule has 3 heterocycles. The Morgan fingerprint density at radius 2 is 2.00 bits per heavy atom. The van der Waals surface area contributed by atoms with Gasteiger partial charge in [-0.25, -0.2) is 0 Å². The van der Waals surface area contributed by atoms with Gasteiger partial charge in [-0.15, -0.1) is 24.8 Å². The molecule has 1 N–H and O–H groups in total. The highest BCUT2D eigenvalue weighted by atomic mass is 35.5. The van der Waals surface area contributed by atoms with Crippen LogP contribution in [0, 0.1) is 0 Å². The molecule has 0 saturated carbocycles. The third-order valence-corrected chi connectivity index (χ3v) is 4.84. The average molecular weight is 324 g/mol. The van der Waals surface area contributed by atoms with E-state index in [1.165, 1.54) is 32.2 Å². The minimum Gasteiger partial charge on any atom is -0.337 e. The normalized spacial score (nSPS) is 33.2. The van der Waals surface area contributed by atoms with Gasteiger partial charge in [0.15, 0.2) is 0 Å². The zero-order valence-corrected chi connectivity index (χ0v) is 13.8. The van der Waals surface area contributed by atoms with Crippen LogP contribution in [0.2, 0.25) is 0 Å². The predicted molar refractivity (Wildman–Crippen MR) is 85.9 cm³/mol. The van der Waals surface area contributed by atoms with Crippen LogP contribution in [0.4, 0.5) is 0 Å². The van der Waals surface area contributed by atoms with Crippen molar-refractivity contribution < 1.29 is 4.79 Å². The molecule has 0 radical (unpaired) electrons. The SMILES string of the molecule is CC1CN2CCCC2CN1C(=O)CC1CCCN1.Cl.Cl. The lowest BCUT2D eigenvalue weighted by Gasteiger charge is -2.42. The average Bonchev–Trinajstić information content (AvgIpc) is 2.98. The lowest BCUT2D eigenvalue weighted by molar-refractivity contribution is -0.137. The number of amides is 1. The summed E-state index contributed by atoms with van der Waals surface area (Å²) < 4.78 is 0. The Kier molecular flexibility index (Phi) is 7.06. The van der Waals surface area contributed by atoms with Gasteiger partial charge in [0, 0.05) is 37.6 Å². The number of hydrogen-bond acceptors (Lipinski definition) is 3. The molecule has 0 bridgehead atoms. The van der Waals surface area contributed by atoms with Gasteiger partial charge < -0.3 is 10.2 Å². The number of rotatable bonds is 2. The smallest absolute Gasteiger partial charge is 0.224 e. The Morgan fingerprint density at radius 3 is 2.70 bits per heavy atom. The fourth-order valence-electron chi connectivity index (χ4n) is 3.79. The summed E-state index contributed by atoms with van der Waals surface area (Å²) in [5.74, 6) is 0.369. The molecule has 0 spiro atoms. The van der Waals surface area contributed by atoms with E-state index in [-0.39, 0.29) is 24.8 Å². The topological polar surface area (TPSA) is 35.6 Å². The van der Waals surface area contributed by atoms with Crippen LogP contribution >= 0.6 is 24.8 Å². The number of halogens is 2. The second-order valence-electron chi connectivity index (χ2n) is 6.18. The predicted octanol–water partition coefficient (Wildman–Crippen LogP) is 1.67. The molecule has 3 aliphatic rings. The van der Waals surface area contributed by atoms with Crippen LogP contribution in [0.3, 0.4) is 0 Å². The maximum Gasteiger partial charge on any atom is 0.224 e. The summed E-state index contributed by atoms with van der Waals surface area (Å²) in [5.41, 5.74) is 0. The second kappa shape index (κ2) is 7.83. The zero-order valence-electron chi connectivity index (χ0n) is 12.2. The molecule has 3 atom stereocenters. The number of nitrogens with zero attached hydrogens (tertiary/aromatic N) is 2. The molecular formula is C14H27Cl2N3O. The second-order valence-corrected chi connectivity index (χ2v) is 6.18. The summed E-state index contributed by atoms with van der Waals surface area (Å²) in [6, 6.07) is 1.47. The highest BCUT2D eigenvalue weighted by Crippen LogP contribution is 2.25. The van der Waals surface area contributed by atoms with Gasteiger partial charge in [0.05, 0.1) is 0 Å². The third-order valence-electron chi connectivity index (χ3n) is 4.84. The van der Waals surface area contributed by atoms with Crippen LogP contribution in [-0.2, 0) is 4.79 Å². The molecule has 4 nitrogen and oxygen atoms in total. The van der Waals surface area contributed by atoms with E-state index in [1.807, 2.05) is 0 Å². The Labute approximate surface area is 134 Å². The summed E-state index contributed by atoms with van der Waals surface area (Å²) in [4.78, 5) is 17.1. The van der Waals surface area contributed by atoms with E-state index in [0.717, 1.165) is 19.6 Å².